The number of nitrogens with zero attached hydrogens (tertiary/aromatic N) is 3. The van der Waals surface area contributed by atoms with Gasteiger partial charge in [-0.25, -0.2) is 4.98 Å². The third-order valence-electron chi connectivity index (χ3n) is 4.80. The smallest absolute Gasteiger partial charge is 0.293 e. The number of nitrogens with one attached hydrogen (secondary N) is 2. The van der Waals surface area contributed by atoms with Gasteiger partial charge in [0.25, 0.3) is 5.56 Å². The summed E-state index contributed by atoms with van der Waals surface area (Å²) in [7, 11) is 1.72. The number of benzene rings is 1. The van der Waals surface area contributed by atoms with Crippen LogP contribution in [0.25, 0.3) is 10.9 Å². The Balaban J connectivity index is 1.39. The second-order valence-electron chi connectivity index (χ2n) is 6.66. The minimum Gasteiger partial charge on any atom is -0.374 e. The molecule has 0 amide bonds. The number of aromatic nitrogens is 3. The van der Waals surface area contributed by atoms with E-state index in [1.54, 1.807) is 19.4 Å². The van der Waals surface area contributed by atoms with Crippen LogP contribution in [0.1, 0.15) is 5.56 Å². The third kappa shape index (κ3) is 3.49. The quantitative estimate of drug-likeness (QED) is 0.728. The molecule has 1 fully saturated rings. The highest BCUT2D eigenvalue weighted by Gasteiger charge is 2.21. The Morgan fingerprint density at radius 3 is 3.23 bits per heavy atom. The van der Waals surface area contributed by atoms with Crippen molar-refractivity contribution in [3.05, 3.63) is 58.8 Å². The van der Waals surface area contributed by atoms with Gasteiger partial charge >= 0.3 is 0 Å². The van der Waals surface area contributed by atoms with Crippen molar-refractivity contribution in [3.63, 3.8) is 0 Å². The number of aryl methyl sites for hydroxylation is 1. The lowest BCUT2D eigenvalue weighted by molar-refractivity contribution is -0.0239. The van der Waals surface area contributed by atoms with E-state index in [0.29, 0.717) is 19.0 Å². The summed E-state index contributed by atoms with van der Waals surface area (Å²) >= 11 is 0. The van der Waals surface area contributed by atoms with E-state index >= 15 is 0 Å². The number of rotatable bonds is 5. The predicted molar refractivity (Wildman–Crippen MR) is 101 cm³/mol. The molecule has 0 unspecified atom stereocenters. The largest absolute Gasteiger partial charge is 0.374 e. The van der Waals surface area contributed by atoms with Crippen molar-refractivity contribution in [2.75, 3.05) is 31.6 Å². The molecule has 0 radical (unpaired) electrons. The van der Waals surface area contributed by atoms with Crippen molar-refractivity contribution < 1.29 is 4.74 Å². The van der Waals surface area contributed by atoms with E-state index in [1.165, 1.54) is 21.0 Å². The highest BCUT2D eigenvalue weighted by Crippen LogP contribution is 2.19. The van der Waals surface area contributed by atoms with Gasteiger partial charge < -0.3 is 19.6 Å². The van der Waals surface area contributed by atoms with Gasteiger partial charge in [-0.05, 0) is 17.0 Å². The van der Waals surface area contributed by atoms with Crippen LogP contribution in [-0.2, 0) is 18.3 Å². The molecule has 1 saturated heterocycles. The van der Waals surface area contributed by atoms with Gasteiger partial charge in [-0.15, -0.1) is 0 Å². The molecule has 4 rings (SSSR count). The molecule has 3 aromatic rings. The van der Waals surface area contributed by atoms with Gasteiger partial charge in [0.15, 0.2) is 5.82 Å². The van der Waals surface area contributed by atoms with Crippen molar-refractivity contribution in [3.8, 4) is 0 Å². The average Bonchev–Trinajstić information content (AvgIpc) is 3.13. The maximum atomic E-state index is 12.0. The summed E-state index contributed by atoms with van der Waals surface area (Å²) in [4.78, 5) is 21.9. The number of anilines is 1. The zero-order valence-corrected chi connectivity index (χ0v) is 14.8. The number of aromatic amines is 1. The van der Waals surface area contributed by atoms with Gasteiger partial charge in [0.1, 0.15) is 0 Å². The second kappa shape index (κ2) is 7.31. The van der Waals surface area contributed by atoms with Crippen LogP contribution in [0.4, 0.5) is 5.82 Å². The molecular weight excluding hydrogens is 330 g/mol. The molecular formula is C19H23N5O2. The van der Waals surface area contributed by atoms with Crippen LogP contribution in [0, 0.1) is 0 Å². The number of hydrogen-bond acceptors (Lipinski definition) is 5. The number of morpholine rings is 1. The Kier molecular flexibility index (Phi) is 4.73. The van der Waals surface area contributed by atoms with E-state index in [2.05, 4.69) is 44.5 Å². The van der Waals surface area contributed by atoms with Crippen molar-refractivity contribution in [2.24, 2.45) is 7.05 Å². The van der Waals surface area contributed by atoms with Gasteiger partial charge in [0.2, 0.25) is 0 Å². The maximum Gasteiger partial charge on any atom is 0.293 e. The molecule has 3 heterocycles. The fourth-order valence-electron chi connectivity index (χ4n) is 3.40. The Hall–Kier alpha value is -2.64. The van der Waals surface area contributed by atoms with Crippen molar-refractivity contribution >= 4 is 16.7 Å². The first-order chi connectivity index (χ1) is 12.7. The van der Waals surface area contributed by atoms with Crippen molar-refractivity contribution in [2.45, 2.75) is 12.6 Å². The van der Waals surface area contributed by atoms with E-state index in [1.807, 2.05) is 6.20 Å². The van der Waals surface area contributed by atoms with Crippen molar-refractivity contribution in [1.29, 1.82) is 0 Å². The zero-order valence-electron chi connectivity index (χ0n) is 14.8. The molecule has 0 aliphatic carbocycles. The lowest BCUT2D eigenvalue weighted by Gasteiger charge is -2.33. The van der Waals surface area contributed by atoms with Gasteiger partial charge in [-0.2, -0.15) is 0 Å². The number of ether oxygens (including phenoxy) is 1. The molecule has 26 heavy (non-hydrogen) atoms. The Morgan fingerprint density at radius 1 is 1.38 bits per heavy atom. The van der Waals surface area contributed by atoms with Crippen LogP contribution < -0.4 is 10.9 Å². The highest BCUT2D eigenvalue weighted by atomic mass is 16.5. The highest BCUT2D eigenvalue weighted by molar-refractivity contribution is 5.82. The van der Waals surface area contributed by atoms with Gasteiger partial charge in [-0.1, -0.05) is 18.2 Å². The fraction of sp³-hybridized carbons (Fsp3) is 0.368. The maximum absolute atomic E-state index is 12.0. The standard InChI is InChI=1S/C19H23N5O2/c1-23-8-7-21-18(19(23)25)22-11-16-13-24(9-10-26-16)12-15-4-2-3-14-5-6-20-17(14)15/h2-8,16,20H,9-13H2,1H3,(H,21,22)/t16-/m0/s1. The summed E-state index contributed by atoms with van der Waals surface area (Å²) in [6.07, 6.45) is 5.27. The minimum absolute atomic E-state index is 0.0262. The molecule has 2 aromatic heterocycles. The SMILES string of the molecule is Cn1ccnc(NC[C@H]2CN(Cc3cccc4cc[nH]c34)CCO2)c1=O. The molecule has 1 aliphatic heterocycles. The molecule has 2 N–H and O–H groups in total. The molecule has 7 nitrogen and oxygen atoms in total. The van der Waals surface area contributed by atoms with Crippen molar-refractivity contribution in [1.82, 2.24) is 19.4 Å². The van der Waals surface area contributed by atoms with Gasteiger partial charge in [0.05, 0.1) is 12.7 Å². The van der Waals surface area contributed by atoms with Gasteiger partial charge in [0, 0.05) is 57.3 Å². The Labute approximate surface area is 151 Å². The summed E-state index contributed by atoms with van der Waals surface area (Å²) in [5.74, 6) is 0.367. The molecule has 1 atom stereocenters. The van der Waals surface area contributed by atoms with E-state index in [-0.39, 0.29) is 11.7 Å². The minimum atomic E-state index is -0.126. The Morgan fingerprint density at radius 2 is 2.31 bits per heavy atom. The molecule has 7 heteroatoms. The molecule has 0 spiro atoms. The summed E-state index contributed by atoms with van der Waals surface area (Å²) in [6, 6.07) is 8.48. The molecule has 0 bridgehead atoms. The number of H-pyrrole nitrogens is 1. The monoisotopic (exact) mass is 353 g/mol. The molecule has 136 valence electrons. The summed E-state index contributed by atoms with van der Waals surface area (Å²) in [5, 5.41) is 4.37. The second-order valence-corrected chi connectivity index (χ2v) is 6.66. The molecule has 1 aromatic carbocycles. The van der Waals surface area contributed by atoms with Crippen LogP contribution in [0.2, 0.25) is 0 Å². The third-order valence-corrected chi connectivity index (χ3v) is 4.80. The van der Waals surface area contributed by atoms with Crippen LogP contribution in [-0.4, -0.2) is 51.8 Å². The van der Waals surface area contributed by atoms with E-state index < -0.39 is 0 Å². The van der Waals surface area contributed by atoms with Crippen LogP contribution in [0.15, 0.2) is 47.7 Å². The normalized spacial score (nSPS) is 18.3. The van der Waals surface area contributed by atoms with Crippen LogP contribution >= 0.6 is 0 Å². The molecule has 1 aliphatic rings. The lowest BCUT2D eigenvalue weighted by Crippen LogP contribution is -2.45. The Bertz CT molecular complexity index is 948. The zero-order chi connectivity index (χ0) is 17.9. The first-order valence-corrected chi connectivity index (χ1v) is 8.85. The summed E-state index contributed by atoms with van der Waals surface area (Å²) in [5.41, 5.74) is 2.36. The van der Waals surface area contributed by atoms with E-state index in [9.17, 15) is 4.79 Å². The number of para-hydroxylation sites is 1. The topological polar surface area (TPSA) is 75.2 Å². The number of hydrogen-bond donors (Lipinski definition) is 2. The first-order valence-electron chi connectivity index (χ1n) is 8.85. The van der Waals surface area contributed by atoms with E-state index in [4.69, 9.17) is 4.74 Å². The molecule has 0 saturated carbocycles. The summed E-state index contributed by atoms with van der Waals surface area (Å²) < 4.78 is 7.38. The number of fused-ring (bicyclic) bond motifs is 1. The first kappa shape index (κ1) is 16.8. The van der Waals surface area contributed by atoms with Crippen LogP contribution in [0.3, 0.4) is 0 Å². The predicted octanol–water partition coefficient (Wildman–Crippen LogP) is 1.57. The van der Waals surface area contributed by atoms with Gasteiger partial charge in [-0.3, -0.25) is 9.69 Å². The average molecular weight is 353 g/mol. The van der Waals surface area contributed by atoms with Crippen LogP contribution in [0.5, 0.6) is 0 Å². The summed E-state index contributed by atoms with van der Waals surface area (Å²) in [6.45, 7) is 3.85. The fourth-order valence-corrected chi connectivity index (χ4v) is 3.40. The lowest BCUT2D eigenvalue weighted by atomic mass is 10.1. The van der Waals surface area contributed by atoms with E-state index in [0.717, 1.165) is 19.6 Å².